The molecule has 1 saturated heterocycles. The number of carbonyl (C=O) groups excluding carboxylic acids is 2. The summed E-state index contributed by atoms with van der Waals surface area (Å²) in [7, 11) is 0. The second kappa shape index (κ2) is 8.49. The van der Waals surface area contributed by atoms with E-state index >= 15 is 0 Å². The summed E-state index contributed by atoms with van der Waals surface area (Å²) in [5, 5.41) is 6.74. The lowest BCUT2D eigenvalue weighted by Crippen LogP contribution is -2.25. The number of rotatable bonds is 7. The van der Waals surface area contributed by atoms with Crippen molar-refractivity contribution in [2.24, 2.45) is 0 Å². The Hall–Kier alpha value is -2.62. The number of thiophene rings is 2. The molecule has 31 heavy (non-hydrogen) atoms. The number of imide groups is 1. The summed E-state index contributed by atoms with van der Waals surface area (Å²) >= 11 is 4.27. The van der Waals surface area contributed by atoms with E-state index < -0.39 is 0 Å². The molecule has 0 saturated carbocycles. The van der Waals surface area contributed by atoms with Crippen molar-refractivity contribution in [2.75, 3.05) is 6.61 Å². The number of oxazole rings is 1. The monoisotopic (exact) mass is 470 g/mol. The molecule has 9 heteroatoms. The van der Waals surface area contributed by atoms with Crippen LogP contribution in [0.25, 0.3) is 20.9 Å². The maximum absolute atomic E-state index is 11.9. The third kappa shape index (κ3) is 4.13. The Kier molecular flexibility index (Phi) is 5.56. The highest BCUT2D eigenvalue weighted by Gasteiger charge is 2.32. The van der Waals surface area contributed by atoms with Gasteiger partial charge >= 0.3 is 0 Å². The largest absolute Gasteiger partial charge is 0.493 e. The minimum Gasteiger partial charge on any atom is -0.493 e. The highest BCUT2D eigenvalue weighted by molar-refractivity contribution is 8.15. The molecule has 0 radical (unpaired) electrons. The first-order valence-corrected chi connectivity index (χ1v) is 12.4. The Morgan fingerprint density at radius 1 is 1.16 bits per heavy atom. The highest BCUT2D eigenvalue weighted by Crippen LogP contribution is 2.35. The van der Waals surface area contributed by atoms with E-state index in [9.17, 15) is 9.59 Å². The molecular formula is C22H18N2O4S3. The van der Waals surface area contributed by atoms with Gasteiger partial charge in [0.1, 0.15) is 11.5 Å². The maximum Gasteiger partial charge on any atom is 0.286 e. The van der Waals surface area contributed by atoms with E-state index in [-0.39, 0.29) is 16.4 Å². The zero-order chi connectivity index (χ0) is 21.4. The van der Waals surface area contributed by atoms with E-state index in [4.69, 9.17) is 9.15 Å². The molecular weight excluding hydrogens is 452 g/mol. The van der Waals surface area contributed by atoms with Crippen LogP contribution >= 0.6 is 34.4 Å². The number of fused-ring (bicyclic) bond motifs is 1. The van der Waals surface area contributed by atoms with Crippen LogP contribution in [-0.2, 0) is 17.6 Å². The van der Waals surface area contributed by atoms with Crippen molar-refractivity contribution in [3.63, 3.8) is 0 Å². The predicted molar refractivity (Wildman–Crippen MR) is 124 cm³/mol. The van der Waals surface area contributed by atoms with Gasteiger partial charge in [0.25, 0.3) is 5.24 Å². The maximum atomic E-state index is 11.9. The van der Waals surface area contributed by atoms with Gasteiger partial charge in [-0.3, -0.25) is 14.9 Å². The first-order valence-electron chi connectivity index (χ1n) is 9.72. The van der Waals surface area contributed by atoms with Crippen molar-refractivity contribution in [3.8, 4) is 16.5 Å². The third-order valence-corrected chi connectivity index (χ3v) is 7.88. The Bertz CT molecular complexity index is 1260. The average Bonchev–Trinajstić information content (AvgIpc) is 3.52. The highest BCUT2D eigenvalue weighted by atomic mass is 32.2. The van der Waals surface area contributed by atoms with Crippen LogP contribution in [0.15, 0.2) is 45.5 Å². The van der Waals surface area contributed by atoms with Crippen molar-refractivity contribution in [1.29, 1.82) is 0 Å². The van der Waals surface area contributed by atoms with Gasteiger partial charge < -0.3 is 9.15 Å². The van der Waals surface area contributed by atoms with E-state index in [1.54, 1.807) is 22.7 Å². The van der Waals surface area contributed by atoms with Crippen LogP contribution in [0.5, 0.6) is 5.75 Å². The van der Waals surface area contributed by atoms with Crippen molar-refractivity contribution < 1.29 is 18.7 Å². The number of nitrogens with zero attached hydrogens (tertiary/aromatic N) is 1. The number of hydrogen-bond acceptors (Lipinski definition) is 8. The van der Waals surface area contributed by atoms with Crippen LogP contribution in [0, 0.1) is 6.92 Å². The van der Waals surface area contributed by atoms with Crippen LogP contribution in [0.1, 0.15) is 17.0 Å². The summed E-state index contributed by atoms with van der Waals surface area (Å²) < 4.78 is 13.0. The topological polar surface area (TPSA) is 81.4 Å². The summed E-state index contributed by atoms with van der Waals surface area (Å²) in [6.45, 7) is 2.41. The van der Waals surface area contributed by atoms with Crippen LogP contribution in [0.3, 0.4) is 0 Å². The molecule has 1 N–H and O–H groups in total. The van der Waals surface area contributed by atoms with Gasteiger partial charge in [-0.1, -0.05) is 23.9 Å². The quantitative estimate of drug-likeness (QED) is 0.387. The molecule has 0 aliphatic carbocycles. The summed E-state index contributed by atoms with van der Waals surface area (Å²) in [4.78, 5) is 29.0. The number of thioether (sulfide) groups is 1. The van der Waals surface area contributed by atoms with Crippen molar-refractivity contribution in [2.45, 2.75) is 25.0 Å². The fraction of sp³-hybridized carbons (Fsp3) is 0.227. The lowest BCUT2D eigenvalue weighted by Gasteiger charge is -2.11. The van der Waals surface area contributed by atoms with Crippen LogP contribution in [-0.4, -0.2) is 28.0 Å². The lowest BCUT2D eigenvalue weighted by atomic mass is 10.1. The fourth-order valence-corrected chi connectivity index (χ4v) is 5.97. The van der Waals surface area contributed by atoms with Gasteiger partial charge in [-0.15, -0.1) is 22.7 Å². The molecule has 1 aliphatic rings. The average molecular weight is 471 g/mol. The molecule has 158 valence electrons. The SMILES string of the molecule is Cc1oc(-c2cccs2)nc1CCOc1ccc(CC2SC(=O)NC2=O)c2sccc12. The molecule has 0 bridgehead atoms. The molecule has 2 amide bonds. The number of amides is 2. The van der Waals surface area contributed by atoms with Crippen LogP contribution < -0.4 is 10.1 Å². The van der Waals surface area contributed by atoms with Gasteiger partial charge in [-0.05, 0) is 47.9 Å². The summed E-state index contributed by atoms with van der Waals surface area (Å²) in [6.07, 6.45) is 1.16. The molecule has 0 spiro atoms. The lowest BCUT2D eigenvalue weighted by molar-refractivity contribution is -0.118. The van der Waals surface area contributed by atoms with E-state index in [2.05, 4.69) is 10.3 Å². The van der Waals surface area contributed by atoms with E-state index in [1.165, 1.54) is 0 Å². The number of benzene rings is 1. The van der Waals surface area contributed by atoms with Gasteiger partial charge in [0.15, 0.2) is 0 Å². The number of ether oxygens (including phenoxy) is 1. The normalized spacial score (nSPS) is 16.2. The van der Waals surface area contributed by atoms with Gasteiger partial charge in [0, 0.05) is 16.5 Å². The molecule has 1 unspecified atom stereocenters. The fourth-order valence-electron chi connectivity index (χ4n) is 3.53. The smallest absolute Gasteiger partial charge is 0.286 e. The zero-order valence-corrected chi connectivity index (χ0v) is 19.0. The zero-order valence-electron chi connectivity index (χ0n) is 16.5. The second-order valence-electron chi connectivity index (χ2n) is 7.07. The van der Waals surface area contributed by atoms with Gasteiger partial charge in [0.05, 0.1) is 22.4 Å². The molecule has 6 nitrogen and oxygen atoms in total. The van der Waals surface area contributed by atoms with E-state index in [1.807, 2.05) is 48.0 Å². The van der Waals surface area contributed by atoms with Gasteiger partial charge in [-0.25, -0.2) is 4.98 Å². The Morgan fingerprint density at radius 2 is 2.06 bits per heavy atom. The van der Waals surface area contributed by atoms with E-state index in [0.717, 1.165) is 49.5 Å². The molecule has 1 atom stereocenters. The first kappa shape index (κ1) is 20.3. The molecule has 1 aromatic carbocycles. The summed E-state index contributed by atoms with van der Waals surface area (Å²) in [5.74, 6) is 2.05. The second-order valence-corrected chi connectivity index (χ2v) is 10.1. The van der Waals surface area contributed by atoms with Gasteiger partial charge in [-0.2, -0.15) is 0 Å². The first-order chi connectivity index (χ1) is 15.1. The van der Waals surface area contributed by atoms with E-state index in [0.29, 0.717) is 25.3 Å². The number of aromatic nitrogens is 1. The number of hydrogen-bond donors (Lipinski definition) is 1. The molecule has 1 fully saturated rings. The number of aryl methyl sites for hydroxylation is 1. The predicted octanol–water partition coefficient (Wildman–Crippen LogP) is 5.44. The summed E-state index contributed by atoms with van der Waals surface area (Å²) in [5.41, 5.74) is 1.95. The number of carbonyl (C=O) groups is 2. The number of nitrogens with one attached hydrogen (secondary N) is 1. The van der Waals surface area contributed by atoms with Crippen LogP contribution in [0.2, 0.25) is 0 Å². The van der Waals surface area contributed by atoms with Crippen molar-refractivity contribution >= 4 is 55.7 Å². The Balaban J connectivity index is 1.28. The third-order valence-electron chi connectivity index (χ3n) is 5.05. The Labute approximate surface area is 190 Å². The van der Waals surface area contributed by atoms with Crippen molar-refractivity contribution in [3.05, 3.63) is 58.1 Å². The van der Waals surface area contributed by atoms with Gasteiger partial charge in [0.2, 0.25) is 11.8 Å². The molecule has 4 heterocycles. The van der Waals surface area contributed by atoms with Crippen LogP contribution in [0.4, 0.5) is 4.79 Å². The Morgan fingerprint density at radius 3 is 2.84 bits per heavy atom. The molecule has 1 aliphatic heterocycles. The van der Waals surface area contributed by atoms with Crippen molar-refractivity contribution in [1.82, 2.24) is 10.3 Å². The standard InChI is InChI=1S/C22H18N2O4S3/c1-12-15(23-21(28-12)17-3-2-9-29-17)6-8-27-16-5-4-13(19-14(16)7-10-30-19)11-18-20(25)24-22(26)31-18/h2-5,7,9-10,18H,6,8,11H2,1H3,(H,24,25,26). The minimum absolute atomic E-state index is 0.218. The minimum atomic E-state index is -0.378. The molecule has 3 aromatic heterocycles. The molecule has 4 aromatic rings. The molecule has 5 rings (SSSR count). The summed E-state index contributed by atoms with van der Waals surface area (Å²) in [6, 6.07) is 9.93.